The second kappa shape index (κ2) is 4.89. The van der Waals surface area contributed by atoms with Crippen molar-refractivity contribution in [1.29, 1.82) is 0 Å². The number of aromatic nitrogens is 2. The van der Waals surface area contributed by atoms with Crippen LogP contribution >= 0.6 is 0 Å². The summed E-state index contributed by atoms with van der Waals surface area (Å²) in [7, 11) is 0. The number of benzene rings is 1. The molecule has 0 atom stereocenters. The molecule has 2 rings (SSSR count). The molecule has 1 aromatic carbocycles. The number of hydrogen-bond donors (Lipinski definition) is 1. The maximum Gasteiger partial charge on any atom is 0.251 e. The fourth-order valence-corrected chi connectivity index (χ4v) is 2.52. The minimum Gasteiger partial charge on any atom is -0.310 e. The average Bonchev–Trinajstić information content (AvgIpc) is 2.25. The average molecular weight is 270 g/mol. The summed E-state index contributed by atoms with van der Waals surface area (Å²) in [5, 5.41) is 0. The van der Waals surface area contributed by atoms with Crippen LogP contribution in [-0.2, 0) is 5.41 Å². The molecule has 0 aliphatic rings. The molecule has 0 unspecified atom stereocenters. The van der Waals surface area contributed by atoms with Gasteiger partial charge in [-0.25, -0.2) is 4.98 Å². The molecule has 0 amide bonds. The molecule has 0 saturated heterocycles. The van der Waals surface area contributed by atoms with Crippen LogP contribution in [0, 0.1) is 20.8 Å². The zero-order valence-electron chi connectivity index (χ0n) is 13.1. The highest BCUT2D eigenvalue weighted by atomic mass is 16.1. The summed E-state index contributed by atoms with van der Waals surface area (Å²) in [5.74, 6) is 0.722. The Morgan fingerprint density at radius 1 is 1.00 bits per heavy atom. The lowest BCUT2D eigenvalue weighted by Crippen LogP contribution is -2.22. The van der Waals surface area contributed by atoms with E-state index in [1.54, 1.807) is 6.07 Å². The van der Waals surface area contributed by atoms with E-state index in [0.717, 1.165) is 28.2 Å². The van der Waals surface area contributed by atoms with Gasteiger partial charge in [0.05, 0.1) is 5.69 Å². The molecule has 3 heteroatoms. The van der Waals surface area contributed by atoms with Gasteiger partial charge in [-0.1, -0.05) is 38.5 Å². The Hall–Kier alpha value is -1.90. The van der Waals surface area contributed by atoms with Crippen molar-refractivity contribution in [2.45, 2.75) is 47.0 Å². The van der Waals surface area contributed by atoms with Gasteiger partial charge in [0.1, 0.15) is 5.82 Å². The zero-order valence-corrected chi connectivity index (χ0v) is 13.1. The van der Waals surface area contributed by atoms with Crippen molar-refractivity contribution in [2.24, 2.45) is 0 Å². The molecule has 0 spiro atoms. The molecule has 0 aliphatic heterocycles. The Morgan fingerprint density at radius 3 is 2.05 bits per heavy atom. The quantitative estimate of drug-likeness (QED) is 0.859. The van der Waals surface area contributed by atoms with E-state index in [0.29, 0.717) is 0 Å². The van der Waals surface area contributed by atoms with E-state index in [4.69, 9.17) is 0 Å². The second-order valence-corrected chi connectivity index (χ2v) is 6.50. The van der Waals surface area contributed by atoms with Crippen molar-refractivity contribution in [3.63, 3.8) is 0 Å². The Balaban J connectivity index is 2.71. The predicted octanol–water partition coefficient (Wildman–Crippen LogP) is 3.66. The molecule has 1 N–H and O–H groups in total. The topological polar surface area (TPSA) is 45.8 Å². The van der Waals surface area contributed by atoms with E-state index in [-0.39, 0.29) is 11.0 Å². The van der Waals surface area contributed by atoms with E-state index in [9.17, 15) is 4.79 Å². The van der Waals surface area contributed by atoms with Gasteiger partial charge in [-0.15, -0.1) is 0 Å². The van der Waals surface area contributed by atoms with Crippen LogP contribution in [0.25, 0.3) is 11.3 Å². The van der Waals surface area contributed by atoms with Crippen molar-refractivity contribution in [3.8, 4) is 11.3 Å². The van der Waals surface area contributed by atoms with Crippen LogP contribution in [0.15, 0.2) is 23.0 Å². The van der Waals surface area contributed by atoms with Crippen molar-refractivity contribution in [1.82, 2.24) is 9.97 Å². The van der Waals surface area contributed by atoms with Crippen LogP contribution in [0.5, 0.6) is 0 Å². The molecular formula is C17H22N2O. The fraction of sp³-hybridized carbons (Fsp3) is 0.412. The highest BCUT2D eigenvalue weighted by molar-refractivity contribution is 5.68. The summed E-state index contributed by atoms with van der Waals surface area (Å²) >= 11 is 0. The van der Waals surface area contributed by atoms with Crippen molar-refractivity contribution >= 4 is 0 Å². The summed E-state index contributed by atoms with van der Waals surface area (Å²) in [6, 6.07) is 5.84. The first-order valence-electron chi connectivity index (χ1n) is 6.88. The van der Waals surface area contributed by atoms with E-state index < -0.39 is 0 Å². The van der Waals surface area contributed by atoms with Gasteiger partial charge in [0.2, 0.25) is 0 Å². The molecule has 20 heavy (non-hydrogen) atoms. The number of H-pyrrole nitrogens is 1. The van der Waals surface area contributed by atoms with Gasteiger partial charge in [0.15, 0.2) is 0 Å². The van der Waals surface area contributed by atoms with Gasteiger partial charge >= 0.3 is 0 Å². The first kappa shape index (κ1) is 14.5. The van der Waals surface area contributed by atoms with Gasteiger partial charge in [0, 0.05) is 17.0 Å². The number of aryl methyl sites for hydroxylation is 3. The summed E-state index contributed by atoms with van der Waals surface area (Å²) in [4.78, 5) is 19.4. The Kier molecular flexibility index (Phi) is 3.55. The molecule has 0 radical (unpaired) electrons. The number of nitrogens with zero attached hydrogens (tertiary/aromatic N) is 1. The number of rotatable bonds is 1. The van der Waals surface area contributed by atoms with Crippen LogP contribution in [0.2, 0.25) is 0 Å². The lowest BCUT2D eigenvalue weighted by Gasteiger charge is -2.19. The molecule has 0 bridgehead atoms. The summed E-state index contributed by atoms with van der Waals surface area (Å²) < 4.78 is 0. The van der Waals surface area contributed by atoms with Gasteiger partial charge in [-0.2, -0.15) is 0 Å². The van der Waals surface area contributed by atoms with Gasteiger partial charge in [0.25, 0.3) is 5.56 Å². The smallest absolute Gasteiger partial charge is 0.251 e. The highest BCUT2D eigenvalue weighted by Gasteiger charge is 2.19. The largest absolute Gasteiger partial charge is 0.310 e. The van der Waals surface area contributed by atoms with E-state index in [1.165, 1.54) is 5.56 Å². The minimum atomic E-state index is -0.179. The van der Waals surface area contributed by atoms with E-state index in [2.05, 4.69) is 42.9 Å². The summed E-state index contributed by atoms with van der Waals surface area (Å²) in [5.41, 5.74) is 5.08. The van der Waals surface area contributed by atoms with Crippen LogP contribution < -0.4 is 5.56 Å². The fourth-order valence-electron chi connectivity index (χ4n) is 2.52. The van der Waals surface area contributed by atoms with Crippen LogP contribution in [-0.4, -0.2) is 9.97 Å². The SMILES string of the molecule is Cc1cc(C)c(-c2cc(=O)[nH]c(C(C)(C)C)n2)c(C)c1. The molecular weight excluding hydrogens is 248 g/mol. The van der Waals surface area contributed by atoms with Gasteiger partial charge in [-0.05, 0) is 31.9 Å². The minimum absolute atomic E-state index is 0.0979. The molecule has 106 valence electrons. The highest BCUT2D eigenvalue weighted by Crippen LogP contribution is 2.27. The van der Waals surface area contributed by atoms with Crippen molar-refractivity contribution in [3.05, 3.63) is 51.1 Å². The summed E-state index contributed by atoms with van der Waals surface area (Å²) in [6.07, 6.45) is 0. The van der Waals surface area contributed by atoms with E-state index in [1.807, 2.05) is 20.8 Å². The lowest BCUT2D eigenvalue weighted by atomic mass is 9.94. The third-order valence-corrected chi connectivity index (χ3v) is 3.39. The molecule has 0 aliphatic carbocycles. The maximum absolute atomic E-state index is 11.9. The van der Waals surface area contributed by atoms with Crippen LogP contribution in [0.3, 0.4) is 0 Å². The second-order valence-electron chi connectivity index (χ2n) is 6.50. The monoisotopic (exact) mass is 270 g/mol. The first-order valence-corrected chi connectivity index (χ1v) is 6.88. The van der Waals surface area contributed by atoms with Crippen molar-refractivity contribution in [2.75, 3.05) is 0 Å². The normalized spacial score (nSPS) is 11.7. The Morgan fingerprint density at radius 2 is 1.55 bits per heavy atom. The number of aromatic amines is 1. The maximum atomic E-state index is 11.9. The number of nitrogens with one attached hydrogen (secondary N) is 1. The van der Waals surface area contributed by atoms with Gasteiger partial charge in [-0.3, -0.25) is 4.79 Å². The predicted molar refractivity (Wildman–Crippen MR) is 83.2 cm³/mol. The molecule has 3 nitrogen and oxygen atoms in total. The molecule has 0 fully saturated rings. The molecule has 0 saturated carbocycles. The van der Waals surface area contributed by atoms with E-state index >= 15 is 0 Å². The zero-order chi connectivity index (χ0) is 15.1. The van der Waals surface area contributed by atoms with Gasteiger partial charge < -0.3 is 4.98 Å². The third kappa shape index (κ3) is 2.82. The van der Waals surface area contributed by atoms with Crippen LogP contribution in [0.1, 0.15) is 43.3 Å². The molecule has 1 aromatic heterocycles. The molecule has 2 aromatic rings. The third-order valence-electron chi connectivity index (χ3n) is 3.39. The van der Waals surface area contributed by atoms with Crippen molar-refractivity contribution < 1.29 is 0 Å². The Bertz CT molecular complexity index is 683. The summed E-state index contributed by atoms with van der Waals surface area (Å²) in [6.45, 7) is 12.3. The Labute approximate surface area is 120 Å². The first-order chi connectivity index (χ1) is 9.18. The standard InChI is InChI=1S/C17H22N2O/c1-10-7-11(2)15(12(3)8-10)13-9-14(20)19-16(18-13)17(4,5)6/h7-9H,1-6H3,(H,18,19,20). The van der Waals surface area contributed by atoms with Crippen LogP contribution in [0.4, 0.5) is 0 Å². The lowest BCUT2D eigenvalue weighted by molar-refractivity contribution is 0.543. The molecule has 1 heterocycles. The number of hydrogen-bond acceptors (Lipinski definition) is 2.